The van der Waals surface area contributed by atoms with Gasteiger partial charge < -0.3 is 4.57 Å². The molecule has 0 N–H and O–H groups in total. The zero-order chi connectivity index (χ0) is 25.1. The van der Waals surface area contributed by atoms with Gasteiger partial charge in [-0.2, -0.15) is 0 Å². The van der Waals surface area contributed by atoms with Gasteiger partial charge in [0.25, 0.3) is 0 Å². The van der Waals surface area contributed by atoms with Crippen LogP contribution in [-0.2, 0) is 6.67 Å². The van der Waals surface area contributed by atoms with E-state index < -0.39 is 0 Å². The number of nitrogens with zero attached hydrogens (tertiary/aromatic N) is 3. The quantitative estimate of drug-likeness (QED) is 0.218. The van der Waals surface area contributed by atoms with Crippen molar-refractivity contribution in [3.63, 3.8) is 0 Å². The van der Waals surface area contributed by atoms with Crippen LogP contribution in [0, 0.1) is 0 Å². The molecule has 0 amide bonds. The molecule has 0 spiro atoms. The molecular weight excluding hydrogens is 462 g/mol. The third-order valence-electron chi connectivity index (χ3n) is 7.80. The Morgan fingerprint density at radius 3 is 1.66 bits per heavy atom. The smallest absolute Gasteiger partial charge is 0.309 e. The van der Waals surface area contributed by atoms with Crippen molar-refractivity contribution < 1.29 is 9.13 Å². The minimum Gasteiger partial charge on any atom is -0.309 e. The number of aromatic nitrogens is 3. The molecule has 0 aliphatic carbocycles. The van der Waals surface area contributed by atoms with E-state index in [0.29, 0.717) is 0 Å². The van der Waals surface area contributed by atoms with Crippen LogP contribution in [0.3, 0.4) is 0 Å². The van der Waals surface area contributed by atoms with Crippen molar-refractivity contribution in [1.82, 2.24) is 4.57 Å². The van der Waals surface area contributed by atoms with Gasteiger partial charge >= 0.3 is 6.67 Å². The maximum atomic E-state index is 2.40. The molecule has 0 saturated carbocycles. The maximum Gasteiger partial charge on any atom is 0.344 e. The molecule has 1 aliphatic rings. The van der Waals surface area contributed by atoms with Crippen LogP contribution >= 0.6 is 0 Å². The van der Waals surface area contributed by atoms with Gasteiger partial charge in [0, 0.05) is 40.7 Å². The van der Waals surface area contributed by atoms with Gasteiger partial charge in [-0.3, -0.25) is 0 Å². The summed E-state index contributed by atoms with van der Waals surface area (Å²) in [6.45, 7) is 0.736. The molecule has 0 atom stereocenters. The lowest BCUT2D eigenvalue weighted by Crippen LogP contribution is -2.53. The van der Waals surface area contributed by atoms with Gasteiger partial charge in [0.1, 0.15) is 0 Å². The largest absolute Gasteiger partial charge is 0.344 e. The fraction of sp³-hybridized carbons (Fsp3) is 0.0286. The van der Waals surface area contributed by atoms with Gasteiger partial charge in [-0.05, 0) is 53.6 Å². The van der Waals surface area contributed by atoms with Crippen molar-refractivity contribution >= 4 is 21.8 Å². The molecule has 0 unspecified atom stereocenters. The number of benzene rings is 4. The molecule has 0 radical (unpaired) electrons. The maximum absolute atomic E-state index is 2.40. The molecule has 3 heteroatoms. The Hall–Kier alpha value is -5.02. The molecule has 178 valence electrons. The number of rotatable bonds is 1. The lowest BCUT2D eigenvalue weighted by Gasteiger charge is -2.14. The third kappa shape index (κ3) is 3.09. The average molecular weight is 488 g/mol. The minimum atomic E-state index is 0.736. The van der Waals surface area contributed by atoms with Crippen molar-refractivity contribution in [2.75, 3.05) is 0 Å². The molecule has 0 bridgehead atoms. The van der Waals surface area contributed by atoms with E-state index in [1.165, 1.54) is 61.1 Å². The van der Waals surface area contributed by atoms with E-state index >= 15 is 0 Å². The minimum absolute atomic E-state index is 0.736. The standard InChI is InChI=1S/C35H25N3/c1-2-12-28-26(11-1)27-20-19-25(38-34-17-5-3-13-29(34)30-14-4-6-18-35(30)38)23-31(27)33-16-8-10-22-37(33)24-36-21-9-7-15-32(28)36/h1-23H,24H2/q+2. The first kappa shape index (κ1) is 21.1. The molecule has 38 heavy (non-hydrogen) atoms. The van der Waals surface area contributed by atoms with E-state index in [0.717, 1.165) is 6.67 Å². The zero-order valence-corrected chi connectivity index (χ0v) is 20.8. The van der Waals surface area contributed by atoms with Crippen LogP contribution in [0.1, 0.15) is 0 Å². The normalized spacial score (nSPS) is 12.1. The van der Waals surface area contributed by atoms with Crippen LogP contribution < -0.4 is 9.13 Å². The Balaban J connectivity index is 1.48. The van der Waals surface area contributed by atoms with Gasteiger partial charge in [-0.25, -0.2) is 0 Å². The number of pyridine rings is 2. The highest BCUT2D eigenvalue weighted by atomic mass is 15.2. The van der Waals surface area contributed by atoms with Crippen LogP contribution in [0.15, 0.2) is 140 Å². The Morgan fingerprint density at radius 1 is 0.447 bits per heavy atom. The van der Waals surface area contributed by atoms with Crippen molar-refractivity contribution in [3.05, 3.63) is 140 Å². The number of hydrogen-bond acceptors (Lipinski definition) is 0. The molecule has 4 heterocycles. The summed E-state index contributed by atoms with van der Waals surface area (Å²) in [7, 11) is 0. The summed E-state index contributed by atoms with van der Waals surface area (Å²) in [6.07, 6.45) is 4.36. The summed E-state index contributed by atoms with van der Waals surface area (Å²) in [6, 6.07) is 46.1. The van der Waals surface area contributed by atoms with E-state index in [1.54, 1.807) is 0 Å². The molecule has 7 aromatic rings. The summed E-state index contributed by atoms with van der Waals surface area (Å²) in [5, 5.41) is 2.55. The molecule has 8 rings (SSSR count). The van der Waals surface area contributed by atoms with Crippen LogP contribution in [0.5, 0.6) is 0 Å². The molecule has 3 aromatic heterocycles. The summed E-state index contributed by atoms with van der Waals surface area (Å²) >= 11 is 0. The second-order valence-corrected chi connectivity index (χ2v) is 9.90. The lowest BCUT2D eigenvalue weighted by atomic mass is 9.92. The SMILES string of the molecule is c1ccc2c(c1)-c1ccc(-n3c4ccccc4c4ccccc43)cc1-c1cccc[n+]1C[n+]1ccccc1-2. The third-order valence-corrected chi connectivity index (χ3v) is 7.80. The van der Waals surface area contributed by atoms with Crippen LogP contribution in [0.4, 0.5) is 0 Å². The Labute approximate surface area is 221 Å². The van der Waals surface area contributed by atoms with Gasteiger partial charge in [-0.1, -0.05) is 60.7 Å². The highest BCUT2D eigenvalue weighted by molar-refractivity contribution is 6.09. The molecule has 3 nitrogen and oxygen atoms in total. The van der Waals surface area contributed by atoms with Crippen molar-refractivity contribution in [1.29, 1.82) is 0 Å². The molecule has 0 fully saturated rings. The molecule has 4 aromatic carbocycles. The average Bonchev–Trinajstić information content (AvgIpc) is 3.33. The Morgan fingerprint density at radius 2 is 0.974 bits per heavy atom. The predicted octanol–water partition coefficient (Wildman–Crippen LogP) is 7.18. The second kappa shape index (κ2) is 8.25. The first-order chi connectivity index (χ1) is 18.9. The highest BCUT2D eigenvalue weighted by Gasteiger charge is 2.28. The zero-order valence-electron chi connectivity index (χ0n) is 20.8. The fourth-order valence-corrected chi connectivity index (χ4v) is 6.11. The number of para-hydroxylation sites is 2. The molecule has 0 saturated heterocycles. The van der Waals surface area contributed by atoms with Gasteiger partial charge in [-0.15, -0.1) is 9.13 Å². The summed E-state index contributed by atoms with van der Waals surface area (Å²) < 4.78 is 7.09. The van der Waals surface area contributed by atoms with Crippen molar-refractivity contribution in [2.45, 2.75) is 6.67 Å². The molecule has 1 aliphatic heterocycles. The van der Waals surface area contributed by atoms with E-state index in [4.69, 9.17) is 0 Å². The van der Waals surface area contributed by atoms with E-state index in [1.807, 2.05) is 0 Å². The summed E-state index contributed by atoms with van der Waals surface area (Å²) in [5.41, 5.74) is 11.0. The summed E-state index contributed by atoms with van der Waals surface area (Å²) in [4.78, 5) is 0. The predicted molar refractivity (Wildman–Crippen MR) is 153 cm³/mol. The summed E-state index contributed by atoms with van der Waals surface area (Å²) in [5.74, 6) is 0. The van der Waals surface area contributed by atoms with E-state index in [9.17, 15) is 0 Å². The van der Waals surface area contributed by atoms with E-state index in [2.05, 4.69) is 153 Å². The van der Waals surface area contributed by atoms with Crippen LogP contribution in [0.25, 0.3) is 61.1 Å². The Bertz CT molecular complexity index is 1960. The van der Waals surface area contributed by atoms with Crippen molar-refractivity contribution in [2.24, 2.45) is 0 Å². The van der Waals surface area contributed by atoms with Crippen LogP contribution in [-0.4, -0.2) is 4.57 Å². The fourth-order valence-electron chi connectivity index (χ4n) is 6.11. The second-order valence-electron chi connectivity index (χ2n) is 9.90. The topological polar surface area (TPSA) is 12.7 Å². The van der Waals surface area contributed by atoms with Crippen LogP contribution in [0.2, 0.25) is 0 Å². The highest BCUT2D eigenvalue weighted by Crippen LogP contribution is 2.40. The first-order valence-electron chi connectivity index (χ1n) is 13.1. The lowest BCUT2D eigenvalue weighted by molar-refractivity contribution is -0.903. The van der Waals surface area contributed by atoms with E-state index in [-0.39, 0.29) is 0 Å². The van der Waals surface area contributed by atoms with Gasteiger partial charge in [0.05, 0.1) is 22.2 Å². The first-order valence-corrected chi connectivity index (χ1v) is 13.1. The molecular formula is C35H25N3+2. The number of fused-ring (bicyclic) bond motifs is 10. The number of hydrogen-bond donors (Lipinski definition) is 0. The Kier molecular flexibility index (Phi) is 4.58. The van der Waals surface area contributed by atoms with Gasteiger partial charge in [0.15, 0.2) is 12.4 Å². The van der Waals surface area contributed by atoms with Gasteiger partial charge in [0.2, 0.25) is 11.4 Å². The van der Waals surface area contributed by atoms with Crippen molar-refractivity contribution in [3.8, 4) is 39.3 Å². The monoisotopic (exact) mass is 487 g/mol.